The van der Waals surface area contributed by atoms with Gasteiger partial charge < -0.3 is 10.5 Å². The quantitative estimate of drug-likeness (QED) is 0.178. The standard InChI is InChI=1S/C38H37Cl2FN2O2/c1-37(2)18-20-38(21-19-37)31(26-17-16-25(39)22-29(26)42)30(27-14-9-15-28(40)32(27)41)34-36(44)45-35(24-12-7-4-8-13-24)33(43(34)38)23-10-5-3-6-11-23/h3-17,22,30-31,33-35H,18-21,42H2,1-2H3/t30-,31?,33-,34-,35+/m1/s1. The maximum atomic E-state index is 16.3. The molecule has 2 N–H and O–H groups in total. The van der Waals surface area contributed by atoms with E-state index in [1.807, 2.05) is 60.7 Å². The third-order valence-corrected chi connectivity index (χ3v) is 11.2. The van der Waals surface area contributed by atoms with Crippen molar-refractivity contribution >= 4 is 34.9 Å². The minimum absolute atomic E-state index is 0.0264. The van der Waals surface area contributed by atoms with Gasteiger partial charge in [0.05, 0.1) is 11.1 Å². The molecule has 1 saturated carbocycles. The van der Waals surface area contributed by atoms with E-state index >= 15 is 4.39 Å². The van der Waals surface area contributed by atoms with Crippen LogP contribution in [0.4, 0.5) is 10.1 Å². The molecule has 0 radical (unpaired) electrons. The van der Waals surface area contributed by atoms with Crippen LogP contribution in [0.15, 0.2) is 97.1 Å². The van der Waals surface area contributed by atoms with Gasteiger partial charge in [0.25, 0.3) is 0 Å². The molecule has 45 heavy (non-hydrogen) atoms. The summed E-state index contributed by atoms with van der Waals surface area (Å²) in [7, 11) is 0. The lowest BCUT2D eigenvalue weighted by Gasteiger charge is -2.55. The third kappa shape index (κ3) is 5.04. The Bertz CT molecular complexity index is 1720. The second-order valence-electron chi connectivity index (χ2n) is 13.7. The first-order valence-corrected chi connectivity index (χ1v) is 16.4. The van der Waals surface area contributed by atoms with Crippen molar-refractivity contribution in [3.8, 4) is 0 Å². The van der Waals surface area contributed by atoms with Crippen molar-refractivity contribution in [2.75, 3.05) is 5.73 Å². The number of cyclic esters (lactones) is 1. The summed E-state index contributed by atoms with van der Waals surface area (Å²) in [6.07, 6.45) is 2.94. The average molecular weight is 644 g/mol. The van der Waals surface area contributed by atoms with E-state index in [1.165, 1.54) is 0 Å². The average Bonchev–Trinajstić information content (AvgIpc) is 3.31. The minimum Gasteiger partial charge on any atom is -0.454 e. The van der Waals surface area contributed by atoms with Crippen molar-refractivity contribution in [1.82, 2.24) is 4.90 Å². The molecule has 232 valence electrons. The highest BCUT2D eigenvalue weighted by atomic mass is 35.5. The maximum Gasteiger partial charge on any atom is 0.324 e. The summed E-state index contributed by atoms with van der Waals surface area (Å²) >= 11 is 12.9. The van der Waals surface area contributed by atoms with Gasteiger partial charge in [-0.1, -0.05) is 116 Å². The molecule has 1 aliphatic carbocycles. The van der Waals surface area contributed by atoms with Crippen LogP contribution in [0.5, 0.6) is 0 Å². The van der Waals surface area contributed by atoms with Crippen LogP contribution in [0, 0.1) is 11.2 Å². The van der Waals surface area contributed by atoms with E-state index in [2.05, 4.69) is 30.9 Å². The number of fused-ring (bicyclic) bond motifs is 2. The molecule has 5 atom stereocenters. The zero-order valence-corrected chi connectivity index (χ0v) is 26.9. The first-order valence-electron chi connectivity index (χ1n) is 15.7. The molecule has 3 aliphatic rings. The fourth-order valence-corrected chi connectivity index (χ4v) is 8.85. The summed E-state index contributed by atoms with van der Waals surface area (Å²) in [6.45, 7) is 4.61. The Balaban J connectivity index is 1.54. The van der Waals surface area contributed by atoms with Gasteiger partial charge in [-0.2, -0.15) is 0 Å². The monoisotopic (exact) mass is 642 g/mol. The lowest BCUT2D eigenvalue weighted by molar-refractivity contribution is -0.183. The normalized spacial score (nSPS) is 27.2. The topological polar surface area (TPSA) is 55.6 Å². The van der Waals surface area contributed by atoms with E-state index in [0.717, 1.165) is 42.4 Å². The lowest BCUT2D eigenvalue weighted by atomic mass is 9.61. The lowest BCUT2D eigenvalue weighted by Crippen LogP contribution is -2.59. The van der Waals surface area contributed by atoms with Gasteiger partial charge in [0.1, 0.15) is 18.0 Å². The third-order valence-electron chi connectivity index (χ3n) is 10.6. The molecule has 3 fully saturated rings. The second kappa shape index (κ2) is 11.5. The van der Waals surface area contributed by atoms with E-state index in [0.29, 0.717) is 16.3 Å². The van der Waals surface area contributed by atoms with Crippen LogP contribution in [0.3, 0.4) is 0 Å². The number of morpholine rings is 1. The molecule has 7 rings (SSSR count). The highest BCUT2D eigenvalue weighted by Gasteiger charge is 2.68. The number of carbonyl (C=O) groups excluding carboxylic acids is 1. The number of nitrogen functional groups attached to an aromatic ring is 1. The highest BCUT2D eigenvalue weighted by Crippen LogP contribution is 2.66. The van der Waals surface area contributed by atoms with Crippen LogP contribution in [0.2, 0.25) is 10.0 Å². The van der Waals surface area contributed by atoms with Crippen LogP contribution in [-0.2, 0) is 9.53 Å². The van der Waals surface area contributed by atoms with Crippen molar-refractivity contribution in [3.63, 3.8) is 0 Å². The number of anilines is 1. The van der Waals surface area contributed by atoms with Crippen molar-refractivity contribution in [3.05, 3.63) is 135 Å². The summed E-state index contributed by atoms with van der Waals surface area (Å²) in [5, 5.41) is 0.556. The predicted molar refractivity (Wildman–Crippen MR) is 178 cm³/mol. The Kier molecular flexibility index (Phi) is 7.71. The van der Waals surface area contributed by atoms with Gasteiger partial charge in [-0.05, 0) is 71.6 Å². The molecule has 2 heterocycles. The van der Waals surface area contributed by atoms with Gasteiger partial charge in [-0.25, -0.2) is 4.39 Å². The summed E-state index contributed by atoms with van der Waals surface area (Å²) in [5.41, 5.74) is 10.1. The van der Waals surface area contributed by atoms with Crippen LogP contribution >= 0.6 is 23.2 Å². The molecule has 4 nitrogen and oxygen atoms in total. The Hall–Kier alpha value is -3.38. The molecule has 7 heteroatoms. The van der Waals surface area contributed by atoms with Gasteiger partial charge in [-0.15, -0.1) is 0 Å². The fraction of sp³-hybridized carbons (Fsp3) is 0.342. The molecule has 0 aromatic heterocycles. The Morgan fingerprint density at radius 1 is 0.800 bits per heavy atom. The Morgan fingerprint density at radius 2 is 1.44 bits per heavy atom. The van der Waals surface area contributed by atoms with E-state index in [1.54, 1.807) is 24.3 Å². The maximum absolute atomic E-state index is 16.3. The number of halogens is 3. The number of hydrogen-bond acceptors (Lipinski definition) is 4. The molecule has 1 unspecified atom stereocenters. The van der Waals surface area contributed by atoms with Crippen LogP contribution in [-0.4, -0.2) is 22.4 Å². The molecule has 1 spiro atoms. The Labute approximate surface area is 274 Å². The molecule has 0 bridgehead atoms. The smallest absolute Gasteiger partial charge is 0.324 e. The molecule has 2 saturated heterocycles. The number of nitrogens with zero attached hydrogens (tertiary/aromatic N) is 1. The van der Waals surface area contributed by atoms with Crippen molar-refractivity contribution < 1.29 is 13.9 Å². The SMILES string of the molecule is CC1(C)CCC2(CC1)C(c1ccc(Cl)cc1N)[C@@H](c1cccc(Cl)c1F)[C@@H]1C(=O)O[C@@H](c3ccccc3)[C@@H](c3ccccc3)N12. The Morgan fingerprint density at radius 3 is 2.09 bits per heavy atom. The van der Waals surface area contributed by atoms with Crippen molar-refractivity contribution in [1.29, 1.82) is 0 Å². The van der Waals surface area contributed by atoms with Crippen LogP contribution in [0.25, 0.3) is 0 Å². The van der Waals surface area contributed by atoms with E-state index in [9.17, 15) is 4.79 Å². The summed E-state index contributed by atoms with van der Waals surface area (Å²) in [4.78, 5) is 17.0. The zero-order chi connectivity index (χ0) is 31.5. The number of nitrogens with two attached hydrogens (primary N) is 1. The van der Waals surface area contributed by atoms with Gasteiger partial charge >= 0.3 is 5.97 Å². The zero-order valence-electron chi connectivity index (χ0n) is 25.4. The predicted octanol–water partition coefficient (Wildman–Crippen LogP) is 9.64. The second-order valence-corrected chi connectivity index (χ2v) is 14.5. The van der Waals surface area contributed by atoms with E-state index in [-0.39, 0.29) is 28.4 Å². The van der Waals surface area contributed by atoms with Gasteiger partial charge in [0, 0.05) is 28.1 Å². The molecule has 4 aromatic carbocycles. The van der Waals surface area contributed by atoms with E-state index < -0.39 is 29.4 Å². The minimum atomic E-state index is -0.774. The number of ether oxygens (including phenoxy) is 1. The molecule has 2 aliphatic heterocycles. The first-order chi connectivity index (χ1) is 21.6. The molecule has 0 amide bonds. The summed E-state index contributed by atoms with van der Waals surface area (Å²) < 4.78 is 22.8. The van der Waals surface area contributed by atoms with Crippen molar-refractivity contribution in [2.24, 2.45) is 5.41 Å². The summed E-state index contributed by atoms with van der Waals surface area (Å²) in [5.74, 6) is -1.82. The number of carbonyl (C=O) groups is 1. The van der Waals surface area contributed by atoms with Crippen molar-refractivity contribution in [2.45, 2.75) is 75.1 Å². The van der Waals surface area contributed by atoms with Crippen LogP contribution in [0.1, 0.15) is 85.8 Å². The fourth-order valence-electron chi connectivity index (χ4n) is 8.49. The summed E-state index contributed by atoms with van der Waals surface area (Å²) in [6, 6.07) is 29.8. The van der Waals surface area contributed by atoms with Crippen LogP contribution < -0.4 is 5.73 Å². The largest absolute Gasteiger partial charge is 0.454 e. The molecular formula is C38H37Cl2FN2O2. The number of benzene rings is 4. The number of esters is 1. The van der Waals surface area contributed by atoms with Gasteiger partial charge in [-0.3, -0.25) is 9.69 Å². The highest BCUT2D eigenvalue weighted by molar-refractivity contribution is 6.31. The number of hydrogen-bond donors (Lipinski definition) is 1. The molecule has 4 aromatic rings. The van der Waals surface area contributed by atoms with Gasteiger partial charge in [0.15, 0.2) is 0 Å². The first kappa shape index (κ1) is 30.3. The van der Waals surface area contributed by atoms with E-state index in [4.69, 9.17) is 33.7 Å². The molecular weight excluding hydrogens is 606 g/mol. The van der Waals surface area contributed by atoms with Gasteiger partial charge in [0.2, 0.25) is 0 Å². The number of rotatable bonds is 4.